The van der Waals surface area contributed by atoms with Crippen molar-refractivity contribution < 1.29 is 9.47 Å². The molecule has 0 saturated heterocycles. The molecule has 3 nitrogen and oxygen atoms in total. The SMILES string of the molecule is COc1ccc(C(N)c2cc(Br)cc(Br)c2)cc1OC. The van der Waals surface area contributed by atoms with Crippen LogP contribution in [0.1, 0.15) is 17.2 Å². The second-order valence-corrected chi connectivity index (χ2v) is 6.13. The maximum absolute atomic E-state index is 6.33. The molecule has 2 aromatic rings. The summed E-state index contributed by atoms with van der Waals surface area (Å²) in [5, 5.41) is 0. The second-order valence-electron chi connectivity index (χ2n) is 4.29. The van der Waals surface area contributed by atoms with Gasteiger partial charge in [-0.05, 0) is 41.5 Å². The first-order valence-electron chi connectivity index (χ1n) is 5.98. The minimum absolute atomic E-state index is 0.233. The maximum Gasteiger partial charge on any atom is 0.161 e. The Morgan fingerprint density at radius 1 is 0.850 bits per heavy atom. The van der Waals surface area contributed by atoms with E-state index in [-0.39, 0.29) is 6.04 Å². The molecule has 1 atom stereocenters. The van der Waals surface area contributed by atoms with Gasteiger partial charge in [0, 0.05) is 8.95 Å². The molecule has 0 bridgehead atoms. The summed E-state index contributed by atoms with van der Waals surface area (Å²) >= 11 is 6.95. The molecule has 0 amide bonds. The summed E-state index contributed by atoms with van der Waals surface area (Å²) < 4.78 is 12.5. The monoisotopic (exact) mass is 399 g/mol. The van der Waals surface area contributed by atoms with Crippen molar-refractivity contribution in [1.29, 1.82) is 0 Å². The minimum atomic E-state index is -0.233. The number of methoxy groups -OCH3 is 2. The molecule has 0 aliphatic rings. The predicted molar refractivity (Wildman–Crippen MR) is 87.4 cm³/mol. The highest BCUT2D eigenvalue weighted by Crippen LogP contribution is 2.32. The minimum Gasteiger partial charge on any atom is -0.493 e. The van der Waals surface area contributed by atoms with E-state index in [1.165, 1.54) is 0 Å². The largest absolute Gasteiger partial charge is 0.493 e. The van der Waals surface area contributed by atoms with Crippen LogP contribution in [0.15, 0.2) is 45.3 Å². The van der Waals surface area contributed by atoms with E-state index in [2.05, 4.69) is 31.9 Å². The Bertz CT molecular complexity index is 597. The van der Waals surface area contributed by atoms with Crippen molar-refractivity contribution in [2.24, 2.45) is 5.73 Å². The van der Waals surface area contributed by atoms with Crippen LogP contribution in [0.2, 0.25) is 0 Å². The van der Waals surface area contributed by atoms with Crippen LogP contribution < -0.4 is 15.2 Å². The Hall–Kier alpha value is -1.04. The van der Waals surface area contributed by atoms with Crippen LogP contribution in [-0.2, 0) is 0 Å². The van der Waals surface area contributed by atoms with Gasteiger partial charge in [-0.15, -0.1) is 0 Å². The average molecular weight is 401 g/mol. The van der Waals surface area contributed by atoms with Crippen LogP contribution >= 0.6 is 31.9 Å². The van der Waals surface area contributed by atoms with E-state index < -0.39 is 0 Å². The van der Waals surface area contributed by atoms with E-state index >= 15 is 0 Å². The molecule has 0 heterocycles. The Labute approximate surface area is 135 Å². The van der Waals surface area contributed by atoms with E-state index in [1.54, 1.807) is 14.2 Å². The number of hydrogen-bond donors (Lipinski definition) is 1. The summed E-state index contributed by atoms with van der Waals surface area (Å²) in [5.74, 6) is 1.37. The van der Waals surface area contributed by atoms with Gasteiger partial charge >= 0.3 is 0 Å². The summed E-state index contributed by atoms with van der Waals surface area (Å²) in [6.07, 6.45) is 0. The normalized spacial score (nSPS) is 12.1. The lowest BCUT2D eigenvalue weighted by Crippen LogP contribution is -2.12. The molecule has 106 valence electrons. The Balaban J connectivity index is 2.39. The standard InChI is InChI=1S/C15H15Br2NO2/c1-19-13-4-3-9(7-14(13)20-2)15(18)10-5-11(16)8-12(17)6-10/h3-8,15H,18H2,1-2H3. The van der Waals surface area contributed by atoms with E-state index in [0.717, 1.165) is 20.1 Å². The van der Waals surface area contributed by atoms with Crippen LogP contribution in [0.3, 0.4) is 0 Å². The molecule has 2 aromatic carbocycles. The van der Waals surface area contributed by atoms with E-state index in [0.29, 0.717) is 11.5 Å². The highest BCUT2D eigenvalue weighted by atomic mass is 79.9. The second kappa shape index (κ2) is 6.61. The fraction of sp³-hybridized carbons (Fsp3) is 0.200. The molecule has 0 fully saturated rings. The zero-order valence-corrected chi connectivity index (χ0v) is 14.4. The van der Waals surface area contributed by atoms with Gasteiger partial charge in [-0.3, -0.25) is 0 Å². The van der Waals surface area contributed by atoms with E-state index in [4.69, 9.17) is 15.2 Å². The Kier molecular flexibility index (Phi) is 5.07. The molecule has 0 aliphatic carbocycles. The molecular formula is C15H15Br2NO2. The molecule has 5 heteroatoms. The summed E-state index contributed by atoms with van der Waals surface area (Å²) in [6.45, 7) is 0. The quantitative estimate of drug-likeness (QED) is 0.832. The molecular weight excluding hydrogens is 386 g/mol. The fourth-order valence-corrected chi connectivity index (χ4v) is 3.32. The lowest BCUT2D eigenvalue weighted by Gasteiger charge is -2.16. The number of halogens is 2. The van der Waals surface area contributed by atoms with Crippen molar-refractivity contribution in [2.45, 2.75) is 6.04 Å². The molecule has 0 aromatic heterocycles. The van der Waals surface area contributed by atoms with Crippen molar-refractivity contribution in [1.82, 2.24) is 0 Å². The zero-order valence-electron chi connectivity index (χ0n) is 11.2. The van der Waals surface area contributed by atoms with E-state index in [9.17, 15) is 0 Å². The molecule has 0 spiro atoms. The third kappa shape index (κ3) is 3.34. The number of ether oxygens (including phenoxy) is 2. The lowest BCUT2D eigenvalue weighted by atomic mass is 9.99. The summed E-state index contributed by atoms with van der Waals surface area (Å²) in [5.41, 5.74) is 8.31. The van der Waals surface area contributed by atoms with Crippen LogP contribution in [-0.4, -0.2) is 14.2 Å². The fourth-order valence-electron chi connectivity index (χ4n) is 1.99. The van der Waals surface area contributed by atoms with Gasteiger partial charge in [0.2, 0.25) is 0 Å². The average Bonchev–Trinajstić information content (AvgIpc) is 2.44. The first-order valence-corrected chi connectivity index (χ1v) is 7.57. The molecule has 0 saturated carbocycles. The van der Waals surface area contributed by atoms with Crippen molar-refractivity contribution in [3.63, 3.8) is 0 Å². The molecule has 2 N–H and O–H groups in total. The Morgan fingerprint density at radius 2 is 1.45 bits per heavy atom. The highest BCUT2D eigenvalue weighted by Gasteiger charge is 2.13. The number of rotatable bonds is 4. The predicted octanol–water partition coefficient (Wildman–Crippen LogP) is 4.28. The van der Waals surface area contributed by atoms with Gasteiger partial charge in [-0.25, -0.2) is 0 Å². The van der Waals surface area contributed by atoms with Crippen molar-refractivity contribution >= 4 is 31.9 Å². The summed E-state index contributed by atoms with van der Waals surface area (Å²) in [4.78, 5) is 0. The number of hydrogen-bond acceptors (Lipinski definition) is 3. The third-order valence-electron chi connectivity index (χ3n) is 3.01. The maximum atomic E-state index is 6.33. The van der Waals surface area contributed by atoms with Crippen LogP contribution in [0, 0.1) is 0 Å². The number of nitrogens with two attached hydrogens (primary N) is 1. The number of benzene rings is 2. The smallest absolute Gasteiger partial charge is 0.161 e. The van der Waals surface area contributed by atoms with Gasteiger partial charge in [0.25, 0.3) is 0 Å². The topological polar surface area (TPSA) is 44.5 Å². The first-order chi connectivity index (χ1) is 9.55. The first kappa shape index (κ1) is 15.4. The van der Waals surface area contributed by atoms with E-state index in [1.807, 2.05) is 36.4 Å². The van der Waals surface area contributed by atoms with Gasteiger partial charge < -0.3 is 15.2 Å². The van der Waals surface area contributed by atoms with Gasteiger partial charge in [0.1, 0.15) is 0 Å². The lowest BCUT2D eigenvalue weighted by molar-refractivity contribution is 0.354. The van der Waals surface area contributed by atoms with Crippen LogP contribution in [0.4, 0.5) is 0 Å². The van der Waals surface area contributed by atoms with Gasteiger partial charge in [0.05, 0.1) is 20.3 Å². The van der Waals surface area contributed by atoms with Crippen molar-refractivity contribution in [3.8, 4) is 11.5 Å². The van der Waals surface area contributed by atoms with Gasteiger partial charge in [-0.2, -0.15) is 0 Å². The third-order valence-corrected chi connectivity index (χ3v) is 3.93. The molecule has 0 radical (unpaired) electrons. The van der Waals surface area contributed by atoms with Crippen LogP contribution in [0.25, 0.3) is 0 Å². The Morgan fingerprint density at radius 3 is 2.00 bits per heavy atom. The highest BCUT2D eigenvalue weighted by molar-refractivity contribution is 9.11. The summed E-state index contributed by atoms with van der Waals surface area (Å²) in [7, 11) is 3.23. The van der Waals surface area contributed by atoms with Gasteiger partial charge in [0.15, 0.2) is 11.5 Å². The molecule has 2 rings (SSSR count). The van der Waals surface area contributed by atoms with Gasteiger partial charge in [-0.1, -0.05) is 37.9 Å². The summed E-state index contributed by atoms with van der Waals surface area (Å²) in [6, 6.07) is 11.5. The molecule has 1 unspecified atom stereocenters. The van der Waals surface area contributed by atoms with Crippen LogP contribution in [0.5, 0.6) is 11.5 Å². The zero-order chi connectivity index (χ0) is 14.7. The molecule has 20 heavy (non-hydrogen) atoms. The van der Waals surface area contributed by atoms with Crippen molar-refractivity contribution in [3.05, 3.63) is 56.5 Å². The van der Waals surface area contributed by atoms with Crippen molar-refractivity contribution in [2.75, 3.05) is 14.2 Å². The molecule has 0 aliphatic heterocycles.